The summed E-state index contributed by atoms with van der Waals surface area (Å²) in [7, 11) is 0. The fraction of sp³-hybridized carbons (Fsp3) is 0.522. The maximum Gasteiger partial charge on any atom is 0.433 e. The number of aromatic nitrogens is 5. The lowest BCUT2D eigenvalue weighted by Gasteiger charge is -2.45. The molecule has 1 saturated carbocycles. The van der Waals surface area contributed by atoms with E-state index < -0.39 is 24.8 Å². The van der Waals surface area contributed by atoms with Crippen LogP contribution in [0.25, 0.3) is 11.2 Å². The van der Waals surface area contributed by atoms with E-state index in [9.17, 15) is 26.7 Å². The zero-order valence-electron chi connectivity index (χ0n) is 19.0. The molecule has 36 heavy (non-hydrogen) atoms. The molecular weight excluding hydrogens is 485 g/mol. The molecule has 3 aliphatic rings. The van der Waals surface area contributed by atoms with Crippen LogP contribution >= 0.6 is 0 Å². The molecular formula is C23H22F5N7O. The van der Waals surface area contributed by atoms with Gasteiger partial charge < -0.3 is 9.80 Å². The highest BCUT2D eigenvalue weighted by atomic mass is 19.4. The quantitative estimate of drug-likeness (QED) is 0.501. The van der Waals surface area contributed by atoms with Crippen LogP contribution in [-0.4, -0.2) is 56.7 Å². The molecule has 8 nitrogen and oxygen atoms in total. The highest BCUT2D eigenvalue weighted by Crippen LogP contribution is 2.57. The molecule has 1 amide bonds. The Kier molecular flexibility index (Phi) is 5.16. The first-order valence-electron chi connectivity index (χ1n) is 11.7. The first kappa shape index (κ1) is 23.0. The molecule has 3 aromatic heterocycles. The first-order valence-corrected chi connectivity index (χ1v) is 11.7. The van der Waals surface area contributed by atoms with Crippen molar-refractivity contribution in [2.24, 2.45) is 17.3 Å². The molecule has 2 saturated heterocycles. The molecule has 190 valence electrons. The predicted octanol–water partition coefficient (Wildman–Crippen LogP) is 3.77. The summed E-state index contributed by atoms with van der Waals surface area (Å²) in [6.45, 7) is 1.14. The Bertz CT molecular complexity index is 1290. The smallest absolute Gasteiger partial charge is 0.355 e. The molecule has 0 aromatic carbocycles. The fourth-order valence-corrected chi connectivity index (χ4v) is 6.22. The molecule has 1 aliphatic carbocycles. The third-order valence-electron chi connectivity index (χ3n) is 7.92. The van der Waals surface area contributed by atoms with E-state index in [-0.39, 0.29) is 23.2 Å². The molecule has 2 aliphatic heterocycles. The monoisotopic (exact) mass is 507 g/mol. The van der Waals surface area contributed by atoms with Crippen LogP contribution in [-0.2, 0) is 17.5 Å². The van der Waals surface area contributed by atoms with Gasteiger partial charge in [0.15, 0.2) is 5.65 Å². The van der Waals surface area contributed by atoms with Gasteiger partial charge in [-0.3, -0.25) is 4.79 Å². The summed E-state index contributed by atoms with van der Waals surface area (Å²) >= 11 is 0. The van der Waals surface area contributed by atoms with Crippen molar-refractivity contribution in [1.29, 1.82) is 0 Å². The van der Waals surface area contributed by atoms with Gasteiger partial charge in [0, 0.05) is 31.5 Å². The topological polar surface area (TPSA) is 80.0 Å². The first-order chi connectivity index (χ1) is 17.1. The minimum Gasteiger partial charge on any atom is -0.355 e. The number of piperidine rings is 1. The summed E-state index contributed by atoms with van der Waals surface area (Å²) in [5.74, 6) is 0.824. The Morgan fingerprint density at radius 3 is 2.44 bits per heavy atom. The molecule has 3 aromatic rings. The van der Waals surface area contributed by atoms with E-state index in [0.29, 0.717) is 48.7 Å². The number of nitrogens with zero attached hydrogens (tertiary/aromatic N) is 7. The molecule has 2 bridgehead atoms. The van der Waals surface area contributed by atoms with Gasteiger partial charge >= 0.3 is 6.18 Å². The van der Waals surface area contributed by atoms with E-state index in [0.717, 1.165) is 29.8 Å². The number of hydrogen-bond donors (Lipinski definition) is 0. The third-order valence-corrected chi connectivity index (χ3v) is 7.92. The number of rotatable bonds is 4. The van der Waals surface area contributed by atoms with Crippen LogP contribution in [0.3, 0.4) is 0 Å². The van der Waals surface area contributed by atoms with E-state index >= 15 is 0 Å². The summed E-state index contributed by atoms with van der Waals surface area (Å²) in [6, 6.07) is 2.20. The van der Waals surface area contributed by atoms with Gasteiger partial charge in [-0.2, -0.15) is 18.3 Å². The van der Waals surface area contributed by atoms with Crippen LogP contribution in [0.1, 0.15) is 25.0 Å². The van der Waals surface area contributed by atoms with E-state index in [1.54, 1.807) is 11.1 Å². The summed E-state index contributed by atoms with van der Waals surface area (Å²) in [6.07, 6.45) is -0.769. The van der Waals surface area contributed by atoms with E-state index in [2.05, 4.69) is 25.0 Å². The molecule has 5 heterocycles. The number of fused-ring (bicyclic) bond motifs is 1. The lowest BCUT2D eigenvalue weighted by Crippen LogP contribution is -2.50. The Hall–Kier alpha value is -3.38. The standard InChI is InChI=1S/C23H22F5N7O/c24-18(25)11-35-21-16(7-31-35)29-8-19(32-21)33-9-13-1-2-14(10-33)22(13)5-20(36)34(12-22)15-3-4-17(30-6-15)23(26,27)28/h3-4,6-8,13-14,18H,1-2,5,9-12H2. The van der Waals surface area contributed by atoms with Crippen LogP contribution in [0.2, 0.25) is 0 Å². The number of carbonyl (C=O) groups is 1. The van der Waals surface area contributed by atoms with Gasteiger partial charge in [-0.15, -0.1) is 0 Å². The Morgan fingerprint density at radius 1 is 1.06 bits per heavy atom. The van der Waals surface area contributed by atoms with Crippen molar-refractivity contribution in [3.8, 4) is 0 Å². The van der Waals surface area contributed by atoms with Gasteiger partial charge in [0.1, 0.15) is 23.6 Å². The number of hydrogen-bond acceptors (Lipinski definition) is 6. The van der Waals surface area contributed by atoms with Gasteiger partial charge in [0.25, 0.3) is 6.43 Å². The molecule has 1 spiro atoms. The van der Waals surface area contributed by atoms with Gasteiger partial charge in [-0.05, 0) is 36.8 Å². The zero-order chi connectivity index (χ0) is 25.2. The van der Waals surface area contributed by atoms with Crippen LogP contribution in [0, 0.1) is 17.3 Å². The van der Waals surface area contributed by atoms with Crippen molar-refractivity contribution in [2.45, 2.75) is 38.4 Å². The summed E-state index contributed by atoms with van der Waals surface area (Å²) in [4.78, 5) is 29.1. The second kappa shape index (κ2) is 8.07. The van der Waals surface area contributed by atoms with Crippen LogP contribution in [0.4, 0.5) is 33.5 Å². The minimum absolute atomic E-state index is 0.112. The average molecular weight is 507 g/mol. The number of pyridine rings is 1. The highest BCUT2D eigenvalue weighted by Gasteiger charge is 2.59. The molecule has 2 unspecified atom stereocenters. The van der Waals surface area contributed by atoms with Crippen molar-refractivity contribution in [3.63, 3.8) is 0 Å². The maximum atomic E-state index is 13.0. The second-order valence-electron chi connectivity index (χ2n) is 9.82. The lowest BCUT2D eigenvalue weighted by atomic mass is 9.68. The Labute approximate surface area is 202 Å². The number of alkyl halides is 5. The second-order valence-corrected chi connectivity index (χ2v) is 9.82. The van der Waals surface area contributed by atoms with Crippen LogP contribution in [0.15, 0.2) is 30.7 Å². The van der Waals surface area contributed by atoms with Crippen molar-refractivity contribution in [1.82, 2.24) is 24.7 Å². The van der Waals surface area contributed by atoms with Crippen molar-refractivity contribution < 1.29 is 26.7 Å². The number of halogens is 5. The Balaban J connectivity index is 1.23. The zero-order valence-corrected chi connectivity index (χ0v) is 19.0. The van der Waals surface area contributed by atoms with Crippen molar-refractivity contribution in [2.75, 3.05) is 29.4 Å². The number of anilines is 2. The van der Waals surface area contributed by atoms with Gasteiger partial charge in [-0.25, -0.2) is 28.4 Å². The molecule has 2 atom stereocenters. The average Bonchev–Trinajstić information content (AvgIpc) is 3.42. The van der Waals surface area contributed by atoms with E-state index in [1.165, 1.54) is 12.3 Å². The third kappa shape index (κ3) is 3.66. The summed E-state index contributed by atoms with van der Waals surface area (Å²) in [5.41, 5.74) is -0.148. The van der Waals surface area contributed by atoms with E-state index in [4.69, 9.17) is 0 Å². The lowest BCUT2D eigenvalue weighted by molar-refractivity contribution is -0.141. The molecule has 3 fully saturated rings. The van der Waals surface area contributed by atoms with Crippen LogP contribution < -0.4 is 9.80 Å². The maximum absolute atomic E-state index is 13.0. The predicted molar refractivity (Wildman–Crippen MR) is 118 cm³/mol. The van der Waals surface area contributed by atoms with Gasteiger partial charge in [0.05, 0.1) is 24.3 Å². The van der Waals surface area contributed by atoms with Gasteiger partial charge in [0.2, 0.25) is 5.91 Å². The molecule has 0 radical (unpaired) electrons. The fourth-order valence-electron chi connectivity index (χ4n) is 6.22. The normalized spacial score (nSPS) is 26.2. The van der Waals surface area contributed by atoms with Crippen molar-refractivity contribution >= 4 is 28.6 Å². The number of amides is 1. The SMILES string of the molecule is O=C1CC2(CN1c1ccc(C(F)(F)F)nc1)C1CCC2CN(c2cnc3cnn(CC(F)F)c3n2)C1. The van der Waals surface area contributed by atoms with Crippen molar-refractivity contribution in [3.05, 3.63) is 36.4 Å². The summed E-state index contributed by atoms with van der Waals surface area (Å²) < 4.78 is 65.7. The molecule has 0 N–H and O–H groups in total. The summed E-state index contributed by atoms with van der Waals surface area (Å²) in [5, 5.41) is 3.97. The Morgan fingerprint density at radius 2 is 1.81 bits per heavy atom. The van der Waals surface area contributed by atoms with Crippen LogP contribution in [0.5, 0.6) is 0 Å². The van der Waals surface area contributed by atoms with E-state index in [1.807, 2.05) is 0 Å². The highest BCUT2D eigenvalue weighted by molar-refractivity contribution is 5.96. The number of carbonyl (C=O) groups excluding carboxylic acids is 1. The minimum atomic E-state index is -4.54. The molecule has 13 heteroatoms. The van der Waals surface area contributed by atoms with Gasteiger partial charge in [-0.1, -0.05) is 0 Å². The molecule has 6 rings (SSSR count). The largest absolute Gasteiger partial charge is 0.433 e.